The highest BCUT2D eigenvalue weighted by Crippen LogP contribution is 2.15. The second-order valence-corrected chi connectivity index (χ2v) is 6.17. The lowest BCUT2D eigenvalue weighted by Crippen LogP contribution is -2.52. The molecule has 0 unspecified atom stereocenters. The van der Waals surface area contributed by atoms with Crippen LogP contribution in [0.3, 0.4) is 0 Å². The van der Waals surface area contributed by atoms with E-state index in [0.717, 1.165) is 45.9 Å². The Morgan fingerprint density at radius 2 is 1.83 bits per heavy atom. The summed E-state index contributed by atoms with van der Waals surface area (Å²) in [6, 6.07) is 0. The van der Waals surface area contributed by atoms with Crippen LogP contribution >= 0.6 is 0 Å². The van der Waals surface area contributed by atoms with Gasteiger partial charge in [-0.1, -0.05) is 0 Å². The van der Waals surface area contributed by atoms with Crippen LogP contribution in [0.1, 0.15) is 20.8 Å². The Balaban J connectivity index is 1.70. The van der Waals surface area contributed by atoms with Crippen LogP contribution in [0.15, 0.2) is 0 Å². The van der Waals surface area contributed by atoms with Crippen molar-refractivity contribution in [2.24, 2.45) is 5.92 Å². The van der Waals surface area contributed by atoms with Gasteiger partial charge in [-0.3, -0.25) is 4.90 Å². The van der Waals surface area contributed by atoms with E-state index >= 15 is 0 Å². The van der Waals surface area contributed by atoms with Gasteiger partial charge in [-0.15, -0.1) is 0 Å². The molecule has 0 radical (unpaired) electrons. The zero-order valence-corrected chi connectivity index (χ0v) is 11.6. The summed E-state index contributed by atoms with van der Waals surface area (Å²) in [7, 11) is 0. The van der Waals surface area contributed by atoms with Crippen LogP contribution in [0.5, 0.6) is 0 Å². The van der Waals surface area contributed by atoms with E-state index in [4.69, 9.17) is 9.47 Å². The number of piperazine rings is 1. The smallest absolute Gasteiger partial charge is 0.410 e. The zero-order chi connectivity index (χ0) is 13.2. The van der Waals surface area contributed by atoms with Gasteiger partial charge in [0.25, 0.3) is 0 Å². The largest absolute Gasteiger partial charge is 0.444 e. The van der Waals surface area contributed by atoms with E-state index in [0.29, 0.717) is 5.92 Å². The van der Waals surface area contributed by atoms with Crippen molar-refractivity contribution >= 4 is 6.09 Å². The molecule has 0 aromatic heterocycles. The van der Waals surface area contributed by atoms with Crippen LogP contribution < -0.4 is 0 Å². The predicted octanol–water partition coefficient (Wildman–Crippen LogP) is 1.19. The molecule has 0 bridgehead atoms. The van der Waals surface area contributed by atoms with Crippen molar-refractivity contribution < 1.29 is 14.3 Å². The van der Waals surface area contributed by atoms with E-state index in [9.17, 15) is 4.79 Å². The minimum absolute atomic E-state index is 0.186. The summed E-state index contributed by atoms with van der Waals surface area (Å²) in [6.45, 7) is 12.0. The van der Waals surface area contributed by atoms with E-state index in [-0.39, 0.29) is 6.09 Å². The second-order valence-electron chi connectivity index (χ2n) is 6.17. The second kappa shape index (κ2) is 5.45. The SMILES string of the molecule is CC(C)(C)OC(=O)N1CCN(CC2COC2)CC1. The average molecular weight is 256 g/mol. The number of ether oxygens (including phenoxy) is 2. The van der Waals surface area contributed by atoms with Crippen LogP contribution in [-0.4, -0.2) is 67.4 Å². The lowest BCUT2D eigenvalue weighted by Gasteiger charge is -2.38. The molecule has 18 heavy (non-hydrogen) atoms. The third-order valence-corrected chi connectivity index (χ3v) is 3.25. The monoisotopic (exact) mass is 256 g/mol. The summed E-state index contributed by atoms with van der Waals surface area (Å²) in [6.07, 6.45) is -0.186. The van der Waals surface area contributed by atoms with E-state index in [2.05, 4.69) is 4.90 Å². The van der Waals surface area contributed by atoms with Crippen molar-refractivity contribution in [1.29, 1.82) is 0 Å². The highest BCUT2D eigenvalue weighted by atomic mass is 16.6. The first-order chi connectivity index (χ1) is 8.44. The maximum Gasteiger partial charge on any atom is 0.410 e. The predicted molar refractivity (Wildman–Crippen MR) is 68.6 cm³/mol. The molecule has 5 heteroatoms. The lowest BCUT2D eigenvalue weighted by atomic mass is 10.1. The van der Waals surface area contributed by atoms with Crippen LogP contribution in [0.4, 0.5) is 4.79 Å². The van der Waals surface area contributed by atoms with Crippen LogP contribution in [0.25, 0.3) is 0 Å². The van der Waals surface area contributed by atoms with Crippen LogP contribution in [-0.2, 0) is 9.47 Å². The first-order valence-electron chi connectivity index (χ1n) is 6.72. The average Bonchev–Trinajstić information content (AvgIpc) is 2.22. The van der Waals surface area contributed by atoms with Gasteiger partial charge in [0.2, 0.25) is 0 Å². The van der Waals surface area contributed by atoms with E-state index in [1.807, 2.05) is 20.8 Å². The topological polar surface area (TPSA) is 42.0 Å². The van der Waals surface area contributed by atoms with Gasteiger partial charge in [-0.25, -0.2) is 4.79 Å². The van der Waals surface area contributed by atoms with Crippen molar-refractivity contribution in [2.75, 3.05) is 45.9 Å². The molecule has 0 aromatic carbocycles. The molecular formula is C13H24N2O3. The Labute approximate surface area is 109 Å². The molecule has 104 valence electrons. The number of carbonyl (C=O) groups is 1. The van der Waals surface area contributed by atoms with Crippen molar-refractivity contribution in [3.05, 3.63) is 0 Å². The van der Waals surface area contributed by atoms with Crippen molar-refractivity contribution in [2.45, 2.75) is 26.4 Å². The first-order valence-corrected chi connectivity index (χ1v) is 6.72. The fourth-order valence-corrected chi connectivity index (χ4v) is 2.19. The Morgan fingerprint density at radius 1 is 1.22 bits per heavy atom. The Hall–Kier alpha value is -0.810. The number of amides is 1. The first kappa shape index (κ1) is 13.6. The third kappa shape index (κ3) is 3.85. The van der Waals surface area contributed by atoms with Crippen molar-refractivity contribution in [3.63, 3.8) is 0 Å². The normalized spacial score (nSPS) is 22.7. The van der Waals surface area contributed by atoms with Gasteiger partial charge in [0.1, 0.15) is 5.60 Å². The summed E-state index contributed by atoms with van der Waals surface area (Å²) in [5.74, 6) is 0.693. The highest BCUT2D eigenvalue weighted by molar-refractivity contribution is 5.68. The van der Waals surface area contributed by atoms with Gasteiger partial charge in [-0.05, 0) is 20.8 Å². The summed E-state index contributed by atoms with van der Waals surface area (Å²) in [4.78, 5) is 16.1. The molecule has 1 amide bonds. The van der Waals surface area contributed by atoms with Gasteiger partial charge in [0, 0.05) is 38.6 Å². The molecule has 2 heterocycles. The minimum Gasteiger partial charge on any atom is -0.444 e. The Kier molecular flexibility index (Phi) is 4.12. The number of hydrogen-bond donors (Lipinski definition) is 0. The standard InChI is InChI=1S/C13H24N2O3/c1-13(2,3)18-12(16)15-6-4-14(5-7-15)8-11-9-17-10-11/h11H,4-10H2,1-3H3. The highest BCUT2D eigenvalue weighted by Gasteiger charge is 2.28. The molecular weight excluding hydrogens is 232 g/mol. The summed E-state index contributed by atoms with van der Waals surface area (Å²) in [5.41, 5.74) is -0.405. The minimum atomic E-state index is -0.405. The molecule has 0 N–H and O–H groups in total. The molecule has 2 saturated heterocycles. The lowest BCUT2D eigenvalue weighted by molar-refractivity contribution is -0.0520. The van der Waals surface area contributed by atoms with Crippen molar-refractivity contribution in [3.8, 4) is 0 Å². The van der Waals surface area contributed by atoms with E-state index < -0.39 is 5.60 Å². The molecule has 5 nitrogen and oxygen atoms in total. The van der Waals surface area contributed by atoms with Crippen LogP contribution in [0, 0.1) is 5.92 Å². The van der Waals surface area contributed by atoms with Gasteiger partial charge < -0.3 is 14.4 Å². The zero-order valence-electron chi connectivity index (χ0n) is 11.6. The molecule has 0 saturated carbocycles. The Bertz CT molecular complexity index is 289. The summed E-state index contributed by atoms with van der Waals surface area (Å²) in [5, 5.41) is 0. The number of rotatable bonds is 2. The molecule has 2 rings (SSSR count). The maximum absolute atomic E-state index is 11.9. The maximum atomic E-state index is 11.9. The van der Waals surface area contributed by atoms with Crippen molar-refractivity contribution in [1.82, 2.24) is 9.80 Å². The van der Waals surface area contributed by atoms with Crippen LogP contribution in [0.2, 0.25) is 0 Å². The quantitative estimate of drug-likeness (QED) is 0.744. The fraction of sp³-hybridized carbons (Fsp3) is 0.923. The molecule has 2 fully saturated rings. The summed E-state index contributed by atoms with van der Waals surface area (Å²) >= 11 is 0. The molecule has 0 spiro atoms. The molecule has 2 aliphatic heterocycles. The molecule has 0 atom stereocenters. The van der Waals surface area contributed by atoms with Gasteiger partial charge in [0.05, 0.1) is 13.2 Å². The van der Waals surface area contributed by atoms with Gasteiger partial charge in [0.15, 0.2) is 0 Å². The fourth-order valence-electron chi connectivity index (χ4n) is 2.19. The van der Waals surface area contributed by atoms with Gasteiger partial charge in [-0.2, -0.15) is 0 Å². The number of nitrogens with zero attached hydrogens (tertiary/aromatic N) is 2. The number of carbonyl (C=O) groups excluding carboxylic acids is 1. The number of hydrogen-bond acceptors (Lipinski definition) is 4. The van der Waals surface area contributed by atoms with E-state index in [1.54, 1.807) is 4.90 Å². The third-order valence-electron chi connectivity index (χ3n) is 3.25. The molecule has 0 aromatic rings. The Morgan fingerprint density at radius 3 is 2.28 bits per heavy atom. The molecule has 0 aliphatic carbocycles. The summed E-state index contributed by atoms with van der Waals surface area (Å²) < 4.78 is 10.6. The molecule has 2 aliphatic rings. The van der Waals surface area contributed by atoms with E-state index in [1.165, 1.54) is 0 Å². The van der Waals surface area contributed by atoms with Gasteiger partial charge >= 0.3 is 6.09 Å².